The molecule has 3 aliphatic heterocycles. The first-order valence-electron chi connectivity index (χ1n) is 14.4. The molecule has 2 fully saturated rings. The lowest BCUT2D eigenvalue weighted by Crippen LogP contribution is -2.55. The van der Waals surface area contributed by atoms with Crippen LogP contribution in [0.25, 0.3) is 10.9 Å². The number of aromatic nitrogens is 4. The Morgan fingerprint density at radius 1 is 1.22 bits per heavy atom. The highest BCUT2D eigenvalue weighted by atomic mass is 16.5. The van der Waals surface area contributed by atoms with Crippen LogP contribution in [0.15, 0.2) is 31.0 Å². The van der Waals surface area contributed by atoms with E-state index in [2.05, 4.69) is 63.6 Å². The lowest BCUT2D eigenvalue weighted by Gasteiger charge is -2.42. The molecule has 0 aliphatic carbocycles. The maximum absolute atomic E-state index is 12.5. The van der Waals surface area contributed by atoms with E-state index in [4.69, 9.17) is 14.7 Å². The van der Waals surface area contributed by atoms with E-state index in [0.29, 0.717) is 44.8 Å². The van der Waals surface area contributed by atoms with E-state index in [-0.39, 0.29) is 18.4 Å². The molecule has 5 heterocycles. The Labute approximate surface area is 240 Å². The Hall–Kier alpha value is -4.17. The zero-order valence-electron chi connectivity index (χ0n) is 23.8. The molecular formula is C30H37N9O2. The normalized spacial score (nSPS) is 21.1. The molecule has 3 aliphatic rings. The molecule has 6 rings (SSSR count). The number of carbonyl (C=O) groups is 1. The summed E-state index contributed by atoms with van der Waals surface area (Å²) in [5.41, 5.74) is 5.42. The molecular weight excluding hydrogens is 518 g/mol. The Morgan fingerprint density at radius 2 is 2.10 bits per heavy atom. The number of ether oxygens (including phenoxy) is 1. The molecule has 0 bridgehead atoms. The minimum atomic E-state index is -0.234. The highest BCUT2D eigenvalue weighted by Crippen LogP contribution is 2.36. The SMILES string of the molecule is C=CC(=O)N1CCN(c2nc(OCC3CCCN3C)nc3c2CCN(c2c(C)ccc4cn[nH]c24)C3)CC1CC#N. The zero-order chi connectivity index (χ0) is 28.5. The maximum atomic E-state index is 12.5. The Balaban J connectivity index is 1.34. The van der Waals surface area contributed by atoms with Crippen molar-refractivity contribution in [1.82, 2.24) is 30.0 Å². The molecule has 11 nitrogen and oxygen atoms in total. The molecule has 2 atom stereocenters. The number of nitriles is 1. The van der Waals surface area contributed by atoms with Gasteiger partial charge in [-0.3, -0.25) is 9.89 Å². The molecule has 2 aromatic heterocycles. The highest BCUT2D eigenvalue weighted by molar-refractivity contribution is 5.92. The largest absolute Gasteiger partial charge is 0.462 e. The van der Waals surface area contributed by atoms with E-state index in [1.54, 1.807) is 4.90 Å². The average molecular weight is 556 g/mol. The molecule has 1 amide bonds. The molecule has 1 N–H and O–H groups in total. The molecule has 2 saturated heterocycles. The number of aromatic amines is 1. The summed E-state index contributed by atoms with van der Waals surface area (Å²) in [5, 5.41) is 18.1. The second-order valence-electron chi connectivity index (χ2n) is 11.3. The quantitative estimate of drug-likeness (QED) is 0.439. The Morgan fingerprint density at radius 3 is 2.88 bits per heavy atom. The molecule has 3 aromatic rings. The monoisotopic (exact) mass is 555 g/mol. The van der Waals surface area contributed by atoms with Gasteiger partial charge in [-0.25, -0.2) is 0 Å². The predicted octanol–water partition coefficient (Wildman–Crippen LogP) is 2.81. The zero-order valence-corrected chi connectivity index (χ0v) is 23.8. The highest BCUT2D eigenvalue weighted by Gasteiger charge is 2.34. The van der Waals surface area contributed by atoms with Crippen LogP contribution in [0.4, 0.5) is 11.5 Å². The number of piperazine rings is 1. The second-order valence-corrected chi connectivity index (χ2v) is 11.3. The van der Waals surface area contributed by atoms with Crippen LogP contribution in [0, 0.1) is 18.3 Å². The van der Waals surface area contributed by atoms with Crippen LogP contribution in [0.2, 0.25) is 0 Å². The van der Waals surface area contributed by atoms with E-state index in [1.807, 2.05) is 6.20 Å². The summed E-state index contributed by atoms with van der Waals surface area (Å²) in [7, 11) is 2.13. The van der Waals surface area contributed by atoms with Crippen molar-refractivity contribution in [2.75, 3.05) is 56.2 Å². The van der Waals surface area contributed by atoms with Gasteiger partial charge in [-0.15, -0.1) is 0 Å². The number of likely N-dealkylation sites (tertiary alicyclic amines) is 1. The first-order valence-corrected chi connectivity index (χ1v) is 14.4. The summed E-state index contributed by atoms with van der Waals surface area (Å²) in [4.78, 5) is 31.1. The van der Waals surface area contributed by atoms with Crippen LogP contribution in [-0.2, 0) is 17.8 Å². The fourth-order valence-corrected chi connectivity index (χ4v) is 6.51. The van der Waals surface area contributed by atoms with E-state index in [9.17, 15) is 10.1 Å². The van der Waals surface area contributed by atoms with Gasteiger partial charge >= 0.3 is 6.01 Å². The summed E-state index contributed by atoms with van der Waals surface area (Å²) in [6, 6.07) is 6.99. The van der Waals surface area contributed by atoms with Gasteiger partial charge in [0, 0.05) is 43.2 Å². The number of anilines is 2. The third kappa shape index (κ3) is 5.20. The topological polar surface area (TPSA) is 118 Å². The van der Waals surface area contributed by atoms with Crippen molar-refractivity contribution in [3.8, 4) is 12.1 Å². The van der Waals surface area contributed by atoms with Gasteiger partial charge in [0.25, 0.3) is 0 Å². The number of rotatable bonds is 7. The molecule has 2 unspecified atom stereocenters. The van der Waals surface area contributed by atoms with Crippen LogP contribution < -0.4 is 14.5 Å². The van der Waals surface area contributed by atoms with Crippen molar-refractivity contribution < 1.29 is 9.53 Å². The fourth-order valence-electron chi connectivity index (χ4n) is 6.51. The minimum Gasteiger partial charge on any atom is -0.462 e. The van der Waals surface area contributed by atoms with Crippen LogP contribution in [-0.4, -0.2) is 94.3 Å². The van der Waals surface area contributed by atoms with E-state index >= 15 is 0 Å². The number of hydrogen-bond acceptors (Lipinski definition) is 9. The Kier molecular flexibility index (Phi) is 7.49. The van der Waals surface area contributed by atoms with Crippen molar-refractivity contribution in [3.05, 3.63) is 47.8 Å². The Bertz CT molecular complexity index is 1500. The number of aryl methyl sites for hydroxylation is 1. The molecule has 214 valence electrons. The van der Waals surface area contributed by atoms with Crippen molar-refractivity contribution in [3.63, 3.8) is 0 Å². The number of benzene rings is 1. The van der Waals surface area contributed by atoms with Crippen LogP contribution in [0.1, 0.15) is 36.1 Å². The number of nitrogens with zero attached hydrogens (tertiary/aromatic N) is 8. The van der Waals surface area contributed by atoms with Gasteiger partial charge in [0.2, 0.25) is 5.91 Å². The number of carbonyl (C=O) groups excluding carboxylic acids is 1. The number of amides is 1. The van der Waals surface area contributed by atoms with Crippen LogP contribution in [0.5, 0.6) is 6.01 Å². The standard InChI is InChI=1S/C30H37N9O2/c1-4-26(40)39-15-14-38(17-22(39)9-11-31)29-24-10-13-37(28-20(2)7-8-21-16-32-35-27(21)28)18-25(24)33-30(34-29)41-19-23-6-5-12-36(23)3/h4,7-8,16,22-23H,1,5-6,9-10,12-15,17-19H2,2-3H3,(H,32,35). The fraction of sp³-hybridized carbons (Fsp3) is 0.500. The smallest absolute Gasteiger partial charge is 0.318 e. The average Bonchev–Trinajstić information content (AvgIpc) is 3.63. The first-order chi connectivity index (χ1) is 20.0. The summed E-state index contributed by atoms with van der Waals surface area (Å²) < 4.78 is 6.28. The number of H-pyrrole nitrogens is 1. The summed E-state index contributed by atoms with van der Waals surface area (Å²) in [5.74, 6) is 0.716. The first kappa shape index (κ1) is 27.0. The lowest BCUT2D eigenvalue weighted by atomic mass is 10.0. The number of fused-ring (bicyclic) bond motifs is 2. The van der Waals surface area contributed by atoms with Crippen molar-refractivity contribution in [2.24, 2.45) is 0 Å². The van der Waals surface area contributed by atoms with Gasteiger partial charge in [0.05, 0.1) is 48.2 Å². The van der Waals surface area contributed by atoms with Gasteiger partial charge in [0.15, 0.2) is 0 Å². The van der Waals surface area contributed by atoms with Gasteiger partial charge in [-0.2, -0.15) is 20.3 Å². The van der Waals surface area contributed by atoms with Gasteiger partial charge in [-0.1, -0.05) is 18.7 Å². The van der Waals surface area contributed by atoms with Crippen molar-refractivity contribution >= 4 is 28.3 Å². The predicted molar refractivity (Wildman–Crippen MR) is 157 cm³/mol. The summed E-state index contributed by atoms with van der Waals surface area (Å²) >= 11 is 0. The van der Waals surface area contributed by atoms with E-state index < -0.39 is 0 Å². The third-order valence-corrected chi connectivity index (χ3v) is 8.77. The van der Waals surface area contributed by atoms with E-state index in [0.717, 1.165) is 59.6 Å². The molecule has 0 spiro atoms. The molecule has 0 saturated carbocycles. The van der Waals surface area contributed by atoms with Crippen LogP contribution >= 0.6 is 0 Å². The minimum absolute atomic E-state index is 0.140. The van der Waals surface area contributed by atoms with Gasteiger partial charge in [0.1, 0.15) is 12.4 Å². The number of likely N-dealkylation sites (N-methyl/N-ethyl adjacent to an activating group) is 1. The van der Waals surface area contributed by atoms with Crippen molar-refractivity contribution in [1.29, 1.82) is 5.26 Å². The molecule has 0 radical (unpaired) electrons. The second kappa shape index (κ2) is 11.4. The molecule has 41 heavy (non-hydrogen) atoms. The van der Waals surface area contributed by atoms with Crippen LogP contribution in [0.3, 0.4) is 0 Å². The molecule has 11 heteroatoms. The summed E-state index contributed by atoms with van der Waals surface area (Å²) in [6.45, 7) is 10.5. The maximum Gasteiger partial charge on any atom is 0.318 e. The van der Waals surface area contributed by atoms with E-state index in [1.165, 1.54) is 18.1 Å². The lowest BCUT2D eigenvalue weighted by molar-refractivity contribution is -0.128. The third-order valence-electron chi connectivity index (χ3n) is 8.77. The van der Waals surface area contributed by atoms with Crippen molar-refractivity contribution in [2.45, 2.75) is 51.2 Å². The van der Waals surface area contributed by atoms with Gasteiger partial charge in [-0.05, 0) is 51.4 Å². The summed E-state index contributed by atoms with van der Waals surface area (Å²) in [6.07, 6.45) is 6.48. The number of hydrogen-bond donors (Lipinski definition) is 1. The molecule has 1 aromatic carbocycles. The van der Waals surface area contributed by atoms with Gasteiger partial charge < -0.3 is 24.3 Å². The number of nitrogens with one attached hydrogen (secondary N) is 1.